The predicted octanol–water partition coefficient (Wildman–Crippen LogP) is 1.22. The number of benzene rings is 1. The SMILES string of the molecule is C#CCOCCNC(=O)[C@H](NC(=O)c1cc(OC)cc(OC)c1)C(C)C. The second-order valence-corrected chi connectivity index (χ2v) is 5.84. The van der Waals surface area contributed by atoms with Crippen molar-refractivity contribution in [1.29, 1.82) is 0 Å². The zero-order valence-corrected chi connectivity index (χ0v) is 15.6. The van der Waals surface area contributed by atoms with E-state index in [9.17, 15) is 9.59 Å². The first kappa shape index (κ1) is 21.3. The van der Waals surface area contributed by atoms with Crippen molar-refractivity contribution < 1.29 is 23.8 Å². The van der Waals surface area contributed by atoms with Crippen molar-refractivity contribution >= 4 is 11.8 Å². The van der Waals surface area contributed by atoms with E-state index in [4.69, 9.17) is 20.6 Å². The fraction of sp³-hybridized carbons (Fsp3) is 0.474. The lowest BCUT2D eigenvalue weighted by Gasteiger charge is -2.22. The van der Waals surface area contributed by atoms with Crippen molar-refractivity contribution in [3.05, 3.63) is 23.8 Å². The Morgan fingerprint density at radius 3 is 2.27 bits per heavy atom. The summed E-state index contributed by atoms with van der Waals surface area (Å²) in [6, 6.07) is 4.15. The van der Waals surface area contributed by atoms with E-state index in [-0.39, 0.29) is 24.3 Å². The molecule has 1 rings (SSSR count). The van der Waals surface area contributed by atoms with Crippen molar-refractivity contribution in [1.82, 2.24) is 10.6 Å². The largest absolute Gasteiger partial charge is 0.497 e. The molecule has 0 aromatic heterocycles. The Bertz CT molecular complexity index is 630. The van der Waals surface area contributed by atoms with Gasteiger partial charge in [-0.2, -0.15) is 0 Å². The number of hydrogen-bond donors (Lipinski definition) is 2. The van der Waals surface area contributed by atoms with Crippen LogP contribution in [0.1, 0.15) is 24.2 Å². The summed E-state index contributed by atoms with van der Waals surface area (Å²) in [6.45, 7) is 4.52. The molecule has 142 valence electrons. The molecule has 0 aliphatic carbocycles. The van der Waals surface area contributed by atoms with Gasteiger partial charge in [-0.1, -0.05) is 19.8 Å². The molecule has 1 aromatic rings. The number of amides is 2. The molecule has 26 heavy (non-hydrogen) atoms. The van der Waals surface area contributed by atoms with Crippen LogP contribution in [-0.2, 0) is 9.53 Å². The maximum Gasteiger partial charge on any atom is 0.252 e. The van der Waals surface area contributed by atoms with Gasteiger partial charge >= 0.3 is 0 Å². The summed E-state index contributed by atoms with van der Waals surface area (Å²) in [5.74, 6) is 2.56. The minimum atomic E-state index is -0.688. The van der Waals surface area contributed by atoms with Crippen LogP contribution in [0.4, 0.5) is 0 Å². The van der Waals surface area contributed by atoms with Crippen molar-refractivity contribution in [3.63, 3.8) is 0 Å². The molecule has 0 fully saturated rings. The van der Waals surface area contributed by atoms with E-state index in [1.54, 1.807) is 18.2 Å². The molecule has 0 saturated carbocycles. The Hall–Kier alpha value is -2.72. The average molecular weight is 362 g/mol. The maximum absolute atomic E-state index is 12.6. The molecule has 2 N–H and O–H groups in total. The van der Waals surface area contributed by atoms with Crippen LogP contribution in [0.2, 0.25) is 0 Å². The minimum absolute atomic E-state index is 0.0990. The maximum atomic E-state index is 12.6. The molecule has 7 heteroatoms. The third-order valence-corrected chi connectivity index (χ3v) is 3.58. The van der Waals surface area contributed by atoms with Crippen LogP contribution in [0.5, 0.6) is 11.5 Å². The molecule has 0 aliphatic rings. The summed E-state index contributed by atoms with van der Waals surface area (Å²) >= 11 is 0. The van der Waals surface area contributed by atoms with Crippen molar-refractivity contribution in [3.8, 4) is 23.8 Å². The van der Waals surface area contributed by atoms with Crippen LogP contribution in [0.25, 0.3) is 0 Å². The number of hydrogen-bond acceptors (Lipinski definition) is 5. The van der Waals surface area contributed by atoms with Crippen LogP contribution < -0.4 is 20.1 Å². The van der Waals surface area contributed by atoms with E-state index in [0.717, 1.165) is 0 Å². The second-order valence-electron chi connectivity index (χ2n) is 5.84. The zero-order valence-electron chi connectivity index (χ0n) is 15.6. The lowest BCUT2D eigenvalue weighted by molar-refractivity contribution is -0.124. The van der Waals surface area contributed by atoms with E-state index < -0.39 is 6.04 Å². The normalized spacial score (nSPS) is 11.4. The van der Waals surface area contributed by atoms with E-state index in [1.807, 2.05) is 13.8 Å². The first-order valence-electron chi connectivity index (χ1n) is 8.25. The Balaban J connectivity index is 2.76. The molecule has 0 radical (unpaired) electrons. The molecule has 2 amide bonds. The molecule has 0 heterocycles. The topological polar surface area (TPSA) is 85.9 Å². The molecule has 1 atom stereocenters. The molecule has 0 bridgehead atoms. The quantitative estimate of drug-likeness (QED) is 0.483. The van der Waals surface area contributed by atoms with Crippen LogP contribution in [0.15, 0.2) is 18.2 Å². The Kier molecular flexibility index (Phi) is 9.02. The van der Waals surface area contributed by atoms with E-state index in [0.29, 0.717) is 30.2 Å². The molecular formula is C19H26N2O5. The van der Waals surface area contributed by atoms with E-state index in [2.05, 4.69) is 16.6 Å². The van der Waals surface area contributed by atoms with Crippen LogP contribution in [0.3, 0.4) is 0 Å². The fourth-order valence-electron chi connectivity index (χ4n) is 2.19. The summed E-state index contributed by atoms with van der Waals surface area (Å²) in [5.41, 5.74) is 0.344. The van der Waals surface area contributed by atoms with Gasteiger partial charge in [0.15, 0.2) is 0 Å². The number of terminal acetylenes is 1. The Morgan fingerprint density at radius 2 is 1.77 bits per heavy atom. The number of carbonyl (C=O) groups is 2. The van der Waals surface area contributed by atoms with Crippen LogP contribution >= 0.6 is 0 Å². The number of nitrogens with one attached hydrogen (secondary N) is 2. The zero-order chi connectivity index (χ0) is 19.5. The standard InChI is InChI=1S/C19H26N2O5/c1-6-8-26-9-7-20-19(23)17(13(2)3)21-18(22)14-10-15(24-4)12-16(11-14)25-5/h1,10-13,17H,7-9H2,2-5H3,(H,20,23)(H,21,22)/t17-/m1/s1. The first-order chi connectivity index (χ1) is 12.4. The molecule has 0 unspecified atom stereocenters. The van der Waals surface area contributed by atoms with E-state index >= 15 is 0 Å². The molecule has 0 spiro atoms. The van der Waals surface area contributed by atoms with Gasteiger partial charge in [0.05, 0.1) is 20.8 Å². The number of ether oxygens (including phenoxy) is 3. The Labute approximate surface area is 154 Å². The average Bonchev–Trinajstić information content (AvgIpc) is 2.64. The van der Waals surface area contributed by atoms with Crippen molar-refractivity contribution in [2.75, 3.05) is 34.0 Å². The fourth-order valence-corrected chi connectivity index (χ4v) is 2.19. The van der Waals surface area contributed by atoms with Gasteiger partial charge in [-0.15, -0.1) is 6.42 Å². The van der Waals surface area contributed by atoms with Crippen molar-refractivity contribution in [2.24, 2.45) is 5.92 Å². The van der Waals surface area contributed by atoms with Gasteiger partial charge in [-0.25, -0.2) is 0 Å². The summed E-state index contributed by atoms with van der Waals surface area (Å²) in [5, 5.41) is 5.48. The highest BCUT2D eigenvalue weighted by Gasteiger charge is 2.24. The first-order valence-corrected chi connectivity index (χ1v) is 8.25. The smallest absolute Gasteiger partial charge is 0.252 e. The second kappa shape index (κ2) is 11.0. The summed E-state index contributed by atoms with van der Waals surface area (Å²) in [6.07, 6.45) is 5.08. The number of carbonyl (C=O) groups excluding carboxylic acids is 2. The van der Waals surface area contributed by atoms with Gasteiger partial charge in [0.2, 0.25) is 5.91 Å². The van der Waals surface area contributed by atoms with Gasteiger partial charge in [0.1, 0.15) is 24.1 Å². The number of methoxy groups -OCH3 is 2. The van der Waals surface area contributed by atoms with Crippen LogP contribution in [-0.4, -0.2) is 51.8 Å². The highest BCUT2D eigenvalue weighted by molar-refractivity contribution is 5.98. The summed E-state index contributed by atoms with van der Waals surface area (Å²) in [4.78, 5) is 24.9. The third kappa shape index (κ3) is 6.65. The molecule has 0 saturated heterocycles. The highest BCUT2D eigenvalue weighted by atomic mass is 16.5. The summed E-state index contributed by atoms with van der Waals surface area (Å²) < 4.78 is 15.4. The lowest BCUT2D eigenvalue weighted by Crippen LogP contribution is -2.50. The van der Waals surface area contributed by atoms with Crippen molar-refractivity contribution in [2.45, 2.75) is 19.9 Å². The highest BCUT2D eigenvalue weighted by Crippen LogP contribution is 2.22. The van der Waals surface area contributed by atoms with Gasteiger partial charge in [-0.3, -0.25) is 9.59 Å². The lowest BCUT2D eigenvalue weighted by atomic mass is 10.0. The molecular weight excluding hydrogens is 336 g/mol. The number of rotatable bonds is 10. The third-order valence-electron chi connectivity index (χ3n) is 3.58. The predicted molar refractivity (Wildman–Crippen MR) is 98.3 cm³/mol. The van der Waals surface area contributed by atoms with Gasteiger partial charge in [0, 0.05) is 18.2 Å². The molecule has 0 aliphatic heterocycles. The van der Waals surface area contributed by atoms with Gasteiger partial charge in [0.25, 0.3) is 5.91 Å². The molecule has 1 aromatic carbocycles. The minimum Gasteiger partial charge on any atom is -0.497 e. The van der Waals surface area contributed by atoms with E-state index in [1.165, 1.54) is 14.2 Å². The van der Waals surface area contributed by atoms with Crippen LogP contribution in [0, 0.1) is 18.3 Å². The Morgan fingerprint density at radius 1 is 1.15 bits per heavy atom. The molecule has 7 nitrogen and oxygen atoms in total. The van der Waals surface area contributed by atoms with Gasteiger partial charge < -0.3 is 24.8 Å². The summed E-state index contributed by atoms with van der Waals surface area (Å²) in [7, 11) is 3.01. The monoisotopic (exact) mass is 362 g/mol. The van der Waals surface area contributed by atoms with Gasteiger partial charge in [-0.05, 0) is 18.1 Å².